The molecule has 0 fully saturated rings. The van der Waals surface area contributed by atoms with E-state index in [0.29, 0.717) is 5.56 Å². The van der Waals surface area contributed by atoms with Gasteiger partial charge in [-0.25, -0.2) is 19.0 Å². The van der Waals surface area contributed by atoms with Crippen LogP contribution in [0.3, 0.4) is 0 Å². The van der Waals surface area contributed by atoms with Gasteiger partial charge in [-0.2, -0.15) is 5.10 Å². The summed E-state index contributed by atoms with van der Waals surface area (Å²) in [6.07, 6.45) is -1.29. The molecule has 0 spiro atoms. The van der Waals surface area contributed by atoms with Gasteiger partial charge in [-0.1, -0.05) is 18.2 Å². The Hall–Kier alpha value is -1.98. The number of carbonyl (C=O) groups is 1. The number of nitrogens with zero attached hydrogens (tertiary/aromatic N) is 1. The van der Waals surface area contributed by atoms with Crippen LogP contribution in [0.5, 0.6) is 0 Å². The molecule has 1 aromatic carbocycles. The summed E-state index contributed by atoms with van der Waals surface area (Å²) in [5.41, 5.74) is 7.08. The first-order valence-electron chi connectivity index (χ1n) is 4.06. The van der Waals surface area contributed by atoms with Crippen LogP contribution in [0.2, 0.25) is 0 Å². The third kappa shape index (κ3) is 3.72. The lowest BCUT2D eigenvalue weighted by molar-refractivity contribution is 0.151. The molecule has 0 aliphatic rings. The Bertz CT molecular complexity index is 379. The minimum atomic E-state index is -2.53. The van der Waals surface area contributed by atoms with Gasteiger partial charge in [0.05, 0.1) is 6.21 Å². The normalized spacial score (nSPS) is 10.9. The molecule has 0 heterocycles. The molecule has 0 unspecified atom stereocenters. The maximum Gasteiger partial charge on any atom is 0.332 e. The number of hydrazone groups is 1. The van der Waals surface area contributed by atoms with Crippen LogP contribution in [0, 0.1) is 0 Å². The van der Waals surface area contributed by atoms with E-state index in [1.54, 1.807) is 6.07 Å². The number of carbonyl (C=O) groups excluding carboxylic acids is 1. The van der Waals surface area contributed by atoms with E-state index in [-0.39, 0.29) is 5.56 Å². The van der Waals surface area contributed by atoms with Crippen molar-refractivity contribution in [3.63, 3.8) is 0 Å². The van der Waals surface area contributed by atoms with Crippen LogP contribution in [0.4, 0.5) is 13.6 Å². The summed E-state index contributed by atoms with van der Waals surface area (Å²) in [6, 6.07) is 4.84. The lowest BCUT2D eigenvalue weighted by Gasteiger charge is -1.99. The van der Waals surface area contributed by atoms with Crippen molar-refractivity contribution in [1.29, 1.82) is 0 Å². The molecule has 0 saturated heterocycles. The number of hydrogen-bond donors (Lipinski definition) is 2. The van der Waals surface area contributed by atoms with E-state index in [4.69, 9.17) is 5.73 Å². The molecular weight excluding hydrogens is 204 g/mol. The van der Waals surface area contributed by atoms with Crippen LogP contribution < -0.4 is 11.2 Å². The number of amides is 2. The predicted octanol–water partition coefficient (Wildman–Crippen LogP) is 1.63. The molecule has 1 rings (SSSR count). The van der Waals surface area contributed by atoms with E-state index >= 15 is 0 Å². The van der Waals surface area contributed by atoms with Gasteiger partial charge in [0.1, 0.15) is 0 Å². The summed E-state index contributed by atoms with van der Waals surface area (Å²) < 4.78 is 24.5. The molecule has 0 bridgehead atoms. The molecule has 0 aliphatic heterocycles. The number of nitrogens with one attached hydrogen (secondary N) is 1. The summed E-state index contributed by atoms with van der Waals surface area (Å²) in [5, 5.41) is 3.45. The van der Waals surface area contributed by atoms with E-state index in [0.717, 1.165) is 0 Å². The molecule has 2 amide bonds. The third-order valence-corrected chi connectivity index (χ3v) is 1.55. The number of nitrogens with two attached hydrogens (primary N) is 1. The maximum atomic E-state index is 12.3. The summed E-state index contributed by atoms with van der Waals surface area (Å²) in [4.78, 5) is 10.2. The van der Waals surface area contributed by atoms with Crippen LogP contribution >= 0.6 is 0 Å². The van der Waals surface area contributed by atoms with Gasteiger partial charge in [-0.05, 0) is 11.6 Å². The molecule has 0 radical (unpaired) electrons. The average Bonchev–Trinajstić information content (AvgIpc) is 2.17. The van der Waals surface area contributed by atoms with Crippen molar-refractivity contribution in [2.45, 2.75) is 6.43 Å². The summed E-state index contributed by atoms with van der Waals surface area (Å²) in [7, 11) is 0. The fraction of sp³-hybridized carbons (Fsp3) is 0.111. The third-order valence-electron chi connectivity index (χ3n) is 1.55. The first kappa shape index (κ1) is 11.1. The van der Waals surface area contributed by atoms with Crippen LogP contribution in [-0.4, -0.2) is 12.2 Å². The smallest absolute Gasteiger partial charge is 0.332 e. The lowest BCUT2D eigenvalue weighted by Crippen LogP contribution is -2.24. The van der Waals surface area contributed by atoms with Crippen molar-refractivity contribution in [3.8, 4) is 0 Å². The summed E-state index contributed by atoms with van der Waals surface area (Å²) in [5.74, 6) is 0. The molecule has 15 heavy (non-hydrogen) atoms. The summed E-state index contributed by atoms with van der Waals surface area (Å²) in [6.45, 7) is 0. The summed E-state index contributed by atoms with van der Waals surface area (Å²) >= 11 is 0. The second-order valence-corrected chi connectivity index (χ2v) is 2.71. The van der Waals surface area contributed by atoms with Gasteiger partial charge in [0, 0.05) is 5.56 Å². The standard InChI is InChI=1S/C9H9F2N3O/c10-8(11)7-3-1-2-6(4-7)5-13-14-9(12)15/h1-5,8H,(H3,12,14,15). The Labute approximate surface area is 84.8 Å². The number of hydrogen-bond acceptors (Lipinski definition) is 2. The largest absolute Gasteiger partial charge is 0.350 e. The second kappa shape index (κ2) is 5.04. The quantitative estimate of drug-likeness (QED) is 0.581. The predicted molar refractivity (Wildman–Crippen MR) is 51.7 cm³/mol. The van der Waals surface area contributed by atoms with Crippen LogP contribution in [0.25, 0.3) is 0 Å². The minimum Gasteiger partial charge on any atom is -0.350 e. The molecule has 4 nitrogen and oxygen atoms in total. The number of urea groups is 1. The topological polar surface area (TPSA) is 67.5 Å². The van der Waals surface area contributed by atoms with Crippen molar-refractivity contribution in [2.75, 3.05) is 0 Å². The van der Waals surface area contributed by atoms with Gasteiger partial charge in [-0.3, -0.25) is 0 Å². The average molecular weight is 213 g/mol. The molecule has 0 aliphatic carbocycles. The van der Waals surface area contributed by atoms with E-state index in [1.807, 2.05) is 5.43 Å². The number of halogens is 2. The van der Waals surface area contributed by atoms with Crippen molar-refractivity contribution >= 4 is 12.2 Å². The van der Waals surface area contributed by atoms with Crippen molar-refractivity contribution < 1.29 is 13.6 Å². The zero-order valence-electron chi connectivity index (χ0n) is 7.65. The number of benzene rings is 1. The highest BCUT2D eigenvalue weighted by Gasteiger charge is 2.05. The van der Waals surface area contributed by atoms with Crippen molar-refractivity contribution in [3.05, 3.63) is 35.4 Å². The van der Waals surface area contributed by atoms with E-state index in [1.165, 1.54) is 24.4 Å². The Morgan fingerprint density at radius 1 is 1.53 bits per heavy atom. The van der Waals surface area contributed by atoms with Gasteiger partial charge in [0.2, 0.25) is 0 Å². The zero-order chi connectivity index (χ0) is 11.3. The molecule has 3 N–H and O–H groups in total. The SMILES string of the molecule is NC(=O)NN=Cc1cccc(C(F)F)c1. The fourth-order valence-electron chi connectivity index (χ4n) is 0.945. The van der Waals surface area contributed by atoms with Crippen molar-refractivity contribution in [2.24, 2.45) is 10.8 Å². The van der Waals surface area contributed by atoms with Gasteiger partial charge in [0.15, 0.2) is 0 Å². The van der Waals surface area contributed by atoms with Crippen LogP contribution in [0.1, 0.15) is 17.6 Å². The number of rotatable bonds is 3. The van der Waals surface area contributed by atoms with Gasteiger partial charge >= 0.3 is 6.03 Å². The lowest BCUT2D eigenvalue weighted by atomic mass is 10.1. The van der Waals surface area contributed by atoms with Gasteiger partial charge in [0.25, 0.3) is 6.43 Å². The minimum absolute atomic E-state index is 0.0991. The highest BCUT2D eigenvalue weighted by molar-refractivity contribution is 5.81. The van der Waals surface area contributed by atoms with Crippen molar-refractivity contribution in [1.82, 2.24) is 5.43 Å². The van der Waals surface area contributed by atoms with Gasteiger partial charge < -0.3 is 5.73 Å². The second-order valence-electron chi connectivity index (χ2n) is 2.71. The monoisotopic (exact) mass is 213 g/mol. The molecule has 0 atom stereocenters. The molecule has 6 heteroatoms. The number of alkyl halides is 2. The Morgan fingerprint density at radius 2 is 2.27 bits per heavy atom. The van der Waals surface area contributed by atoms with Crippen LogP contribution in [0.15, 0.2) is 29.4 Å². The Morgan fingerprint density at radius 3 is 2.87 bits per heavy atom. The zero-order valence-corrected chi connectivity index (χ0v) is 7.65. The maximum absolute atomic E-state index is 12.3. The molecular formula is C9H9F2N3O. The van der Waals surface area contributed by atoms with Crippen LogP contribution in [-0.2, 0) is 0 Å². The molecule has 0 saturated carbocycles. The first-order chi connectivity index (χ1) is 7.09. The van der Waals surface area contributed by atoms with Gasteiger partial charge in [-0.15, -0.1) is 0 Å². The van der Waals surface area contributed by atoms with E-state index < -0.39 is 12.5 Å². The molecule has 1 aromatic rings. The first-order valence-corrected chi connectivity index (χ1v) is 4.06. The highest BCUT2D eigenvalue weighted by Crippen LogP contribution is 2.18. The highest BCUT2D eigenvalue weighted by atomic mass is 19.3. The Kier molecular flexibility index (Phi) is 3.73. The van der Waals surface area contributed by atoms with E-state index in [9.17, 15) is 13.6 Å². The fourth-order valence-corrected chi connectivity index (χ4v) is 0.945. The Balaban J connectivity index is 2.73. The number of primary amides is 1. The van der Waals surface area contributed by atoms with E-state index in [2.05, 4.69) is 5.10 Å². The molecule has 0 aromatic heterocycles. The molecule has 80 valence electrons.